The molecule has 3 N–H and O–H groups in total. The molecule has 0 bridgehead atoms. The maximum Gasteiger partial charge on any atom is 0.490 e. The minimum Gasteiger partial charge on any atom is -0.489 e. The molecule has 0 unspecified atom stereocenters. The van der Waals surface area contributed by atoms with Gasteiger partial charge in [-0.2, -0.15) is 13.2 Å². The van der Waals surface area contributed by atoms with E-state index in [1.807, 2.05) is 37.3 Å². The van der Waals surface area contributed by atoms with Crippen LogP contribution >= 0.6 is 0 Å². The molecule has 1 fully saturated rings. The lowest BCUT2D eigenvalue weighted by atomic mass is 9.79. The fourth-order valence-electron chi connectivity index (χ4n) is 4.46. The van der Waals surface area contributed by atoms with E-state index in [-0.39, 0.29) is 17.1 Å². The van der Waals surface area contributed by atoms with Crippen molar-refractivity contribution in [3.8, 4) is 5.75 Å². The standard InChI is InChI=1S/C25H28N2O6S.C2HF3O2/c1-18-14-19(22-4-2-3-5-23(22)26-18)16-33-20-6-8-21(9-7-20)34(30,31)17-25(15-24(28)27-29)10-12-32-13-11-25;3-2(4,5)1(6)7/h2-9,14,29H,10-13,15-17H2,1H3,(H,27,28);(H,6,7). The average Bonchev–Trinajstić information content (AvgIpc) is 2.91. The summed E-state index contributed by atoms with van der Waals surface area (Å²) < 4.78 is 69.4. The van der Waals surface area contributed by atoms with Crippen molar-refractivity contribution in [2.45, 2.75) is 43.9 Å². The van der Waals surface area contributed by atoms with E-state index < -0.39 is 33.3 Å². The smallest absolute Gasteiger partial charge is 0.489 e. The maximum absolute atomic E-state index is 13.2. The Balaban J connectivity index is 0.000000587. The number of aliphatic carboxylic acids is 1. The van der Waals surface area contributed by atoms with Crippen LogP contribution in [0.4, 0.5) is 13.2 Å². The van der Waals surface area contributed by atoms with Crippen LogP contribution in [-0.4, -0.2) is 60.7 Å². The summed E-state index contributed by atoms with van der Waals surface area (Å²) in [6, 6.07) is 16.2. The minimum atomic E-state index is -5.08. The fraction of sp³-hybridized carbons (Fsp3) is 0.370. The van der Waals surface area contributed by atoms with E-state index in [0.29, 0.717) is 38.4 Å². The molecule has 1 aliphatic heterocycles. The lowest BCUT2D eigenvalue weighted by Gasteiger charge is -2.36. The molecule has 1 aromatic heterocycles. The van der Waals surface area contributed by atoms with Gasteiger partial charge in [0.15, 0.2) is 9.84 Å². The van der Waals surface area contributed by atoms with E-state index in [1.165, 1.54) is 12.1 Å². The van der Waals surface area contributed by atoms with Crippen molar-refractivity contribution in [3.63, 3.8) is 0 Å². The molecule has 0 radical (unpaired) electrons. The number of sulfone groups is 1. The molecule has 3 aromatic rings. The second-order valence-corrected chi connectivity index (χ2v) is 11.6. The normalized spacial score (nSPS) is 15.0. The molecule has 1 amide bonds. The first kappa shape index (κ1) is 31.8. The molecule has 0 saturated carbocycles. The molecular weight excluding hydrogens is 569 g/mol. The number of ether oxygens (including phenoxy) is 2. The number of carbonyl (C=O) groups is 2. The molecule has 14 heteroatoms. The Morgan fingerprint density at radius 3 is 2.29 bits per heavy atom. The van der Waals surface area contributed by atoms with Gasteiger partial charge in [-0.05, 0) is 61.6 Å². The van der Waals surface area contributed by atoms with Crippen LogP contribution in [0, 0.1) is 12.3 Å². The van der Waals surface area contributed by atoms with E-state index in [9.17, 15) is 26.4 Å². The van der Waals surface area contributed by atoms with Gasteiger partial charge in [-0.25, -0.2) is 18.7 Å². The third-order valence-electron chi connectivity index (χ3n) is 6.46. The van der Waals surface area contributed by atoms with Gasteiger partial charge >= 0.3 is 12.1 Å². The lowest BCUT2D eigenvalue weighted by Crippen LogP contribution is -2.40. The number of amides is 1. The number of aromatic nitrogens is 1. The summed E-state index contributed by atoms with van der Waals surface area (Å²) in [5, 5.41) is 17.1. The Bertz CT molecular complexity index is 1470. The highest BCUT2D eigenvalue weighted by atomic mass is 32.2. The van der Waals surface area contributed by atoms with Crippen LogP contribution in [0.3, 0.4) is 0 Å². The number of nitrogens with one attached hydrogen (secondary N) is 1. The zero-order chi connectivity index (χ0) is 30.3. The third-order valence-corrected chi connectivity index (χ3v) is 8.44. The van der Waals surface area contributed by atoms with Crippen molar-refractivity contribution < 1.29 is 51.0 Å². The van der Waals surface area contributed by atoms with Gasteiger partial charge in [-0.3, -0.25) is 15.0 Å². The molecule has 1 aliphatic rings. The Kier molecular flexibility index (Phi) is 10.3. The first-order chi connectivity index (χ1) is 19.2. The van der Waals surface area contributed by atoms with Crippen molar-refractivity contribution in [3.05, 3.63) is 65.9 Å². The monoisotopic (exact) mass is 598 g/mol. The van der Waals surface area contributed by atoms with Crippen molar-refractivity contribution in [1.82, 2.24) is 10.5 Å². The number of nitrogens with zero attached hydrogens (tertiary/aromatic N) is 1. The number of fused-ring (bicyclic) bond motifs is 1. The maximum atomic E-state index is 13.2. The molecule has 0 aliphatic carbocycles. The Morgan fingerprint density at radius 1 is 1.10 bits per heavy atom. The van der Waals surface area contributed by atoms with Crippen LogP contribution in [0.1, 0.15) is 30.5 Å². The Labute approximate surface area is 234 Å². The number of hydrogen-bond donors (Lipinski definition) is 3. The molecule has 1 saturated heterocycles. The van der Waals surface area contributed by atoms with E-state index in [2.05, 4.69) is 4.98 Å². The van der Waals surface area contributed by atoms with Gasteiger partial charge < -0.3 is 14.6 Å². The van der Waals surface area contributed by atoms with Crippen LogP contribution in [0.2, 0.25) is 0 Å². The number of pyridine rings is 1. The average molecular weight is 599 g/mol. The zero-order valence-electron chi connectivity index (χ0n) is 22.0. The summed E-state index contributed by atoms with van der Waals surface area (Å²) in [6.45, 7) is 3.02. The summed E-state index contributed by atoms with van der Waals surface area (Å²) in [5.74, 6) is -3.00. The topological polar surface area (TPSA) is 152 Å². The van der Waals surface area contributed by atoms with Crippen molar-refractivity contribution in [2.75, 3.05) is 19.0 Å². The second-order valence-electron chi connectivity index (χ2n) is 9.59. The Morgan fingerprint density at radius 2 is 1.71 bits per heavy atom. The molecule has 0 atom stereocenters. The molecule has 41 heavy (non-hydrogen) atoms. The predicted octanol–water partition coefficient (Wildman–Crippen LogP) is 4.22. The van der Waals surface area contributed by atoms with Crippen molar-refractivity contribution in [2.24, 2.45) is 5.41 Å². The minimum absolute atomic E-state index is 0.0768. The molecule has 2 heterocycles. The van der Waals surface area contributed by atoms with Gasteiger partial charge in [0.1, 0.15) is 12.4 Å². The number of hydrogen-bond acceptors (Lipinski definition) is 8. The molecule has 222 valence electrons. The highest BCUT2D eigenvalue weighted by molar-refractivity contribution is 7.91. The SMILES string of the molecule is Cc1cc(COc2ccc(S(=O)(=O)CC3(CC(=O)NO)CCOCC3)cc2)c2ccccc2n1.O=C(O)C(F)(F)F. The van der Waals surface area contributed by atoms with Crippen LogP contribution in [0.5, 0.6) is 5.75 Å². The first-order valence-electron chi connectivity index (χ1n) is 12.4. The number of halogens is 3. The molecule has 2 aromatic carbocycles. The van der Waals surface area contributed by atoms with E-state index in [1.54, 1.807) is 17.6 Å². The summed E-state index contributed by atoms with van der Waals surface area (Å²) in [4.78, 5) is 25.4. The summed E-state index contributed by atoms with van der Waals surface area (Å²) in [7, 11) is -3.67. The van der Waals surface area contributed by atoms with E-state index in [4.69, 9.17) is 24.6 Å². The Hall–Kier alpha value is -3.75. The molecule has 0 spiro atoms. The predicted molar refractivity (Wildman–Crippen MR) is 140 cm³/mol. The van der Waals surface area contributed by atoms with Gasteiger partial charge in [0.05, 0.1) is 16.2 Å². The highest BCUT2D eigenvalue weighted by Crippen LogP contribution is 2.37. The van der Waals surface area contributed by atoms with E-state index in [0.717, 1.165) is 22.2 Å². The van der Waals surface area contributed by atoms with Gasteiger partial charge in [-0.1, -0.05) is 18.2 Å². The number of alkyl halides is 3. The fourth-order valence-corrected chi connectivity index (χ4v) is 6.38. The van der Waals surface area contributed by atoms with E-state index >= 15 is 0 Å². The number of carboxylic acid groups (broad SMARTS) is 1. The third kappa shape index (κ3) is 8.87. The lowest BCUT2D eigenvalue weighted by molar-refractivity contribution is -0.192. The molecule has 10 nitrogen and oxygen atoms in total. The van der Waals surface area contributed by atoms with Gasteiger partial charge in [-0.15, -0.1) is 0 Å². The van der Waals surface area contributed by atoms with Gasteiger partial charge in [0, 0.05) is 36.3 Å². The quantitative estimate of drug-likeness (QED) is 0.256. The second kappa shape index (κ2) is 13.3. The highest BCUT2D eigenvalue weighted by Gasteiger charge is 2.40. The van der Waals surface area contributed by atoms with Crippen LogP contribution < -0.4 is 10.2 Å². The number of hydroxylamine groups is 1. The van der Waals surface area contributed by atoms with Gasteiger partial charge in [0.25, 0.3) is 0 Å². The van der Waals surface area contributed by atoms with Crippen LogP contribution in [0.25, 0.3) is 10.9 Å². The summed E-state index contributed by atoms with van der Waals surface area (Å²) >= 11 is 0. The number of para-hydroxylation sites is 1. The number of carboxylic acids is 1. The summed E-state index contributed by atoms with van der Waals surface area (Å²) in [5.41, 5.74) is 3.64. The number of rotatable bonds is 8. The number of benzene rings is 2. The van der Waals surface area contributed by atoms with Crippen molar-refractivity contribution >= 4 is 32.6 Å². The van der Waals surface area contributed by atoms with Crippen LogP contribution in [-0.2, 0) is 30.8 Å². The largest absolute Gasteiger partial charge is 0.490 e. The van der Waals surface area contributed by atoms with Gasteiger partial charge in [0.2, 0.25) is 5.91 Å². The zero-order valence-corrected chi connectivity index (χ0v) is 22.8. The molecule has 4 rings (SSSR count). The number of aryl methyl sites for hydroxylation is 1. The van der Waals surface area contributed by atoms with Crippen molar-refractivity contribution in [1.29, 1.82) is 0 Å². The molecular formula is C27H29F3N2O8S. The van der Waals surface area contributed by atoms with Crippen LogP contribution in [0.15, 0.2) is 59.5 Å². The number of carbonyl (C=O) groups excluding carboxylic acids is 1. The first-order valence-corrected chi connectivity index (χ1v) is 14.0. The summed E-state index contributed by atoms with van der Waals surface area (Å²) in [6.07, 6.45) is -4.30.